The summed E-state index contributed by atoms with van der Waals surface area (Å²) in [6.07, 6.45) is 4.96. The van der Waals surface area contributed by atoms with Crippen LogP contribution in [0.2, 0.25) is 0 Å². The summed E-state index contributed by atoms with van der Waals surface area (Å²) in [4.78, 5) is 22.4. The molecule has 0 unspecified atom stereocenters. The minimum Gasteiger partial charge on any atom is -0.349 e. The lowest BCUT2D eigenvalue weighted by atomic mass is 10.1. The van der Waals surface area contributed by atoms with Crippen LogP contribution in [0, 0.1) is 10.1 Å². The Morgan fingerprint density at radius 1 is 1.29 bits per heavy atom. The van der Waals surface area contributed by atoms with Gasteiger partial charge in [-0.2, -0.15) is 5.10 Å². The van der Waals surface area contributed by atoms with Crippen LogP contribution in [0.4, 0.5) is 5.69 Å². The molecule has 0 aliphatic carbocycles. The standard InChI is InChI=1S/C15H17N5O3.ClH/c21-15(18-12-5-7-16-8-6-12)11-9-17-19(10-11)13-1-3-14(4-2-13)20(22)23;/h1-4,9-10,12,16H,5-8H2,(H,18,21);1H. The molecular weight excluding hydrogens is 334 g/mol. The predicted molar refractivity (Wildman–Crippen MR) is 90.8 cm³/mol. The van der Waals surface area contributed by atoms with Crippen LogP contribution < -0.4 is 10.6 Å². The zero-order chi connectivity index (χ0) is 16.2. The second-order valence-corrected chi connectivity index (χ2v) is 5.44. The van der Waals surface area contributed by atoms with E-state index in [0.717, 1.165) is 25.9 Å². The number of carbonyl (C=O) groups excluding carboxylic acids is 1. The molecule has 0 bridgehead atoms. The van der Waals surface area contributed by atoms with Crippen LogP contribution in [0.15, 0.2) is 36.7 Å². The quantitative estimate of drug-likeness (QED) is 0.644. The van der Waals surface area contributed by atoms with E-state index in [1.54, 1.807) is 18.3 Å². The molecule has 1 aliphatic rings. The molecule has 2 heterocycles. The minimum atomic E-state index is -0.454. The summed E-state index contributed by atoms with van der Waals surface area (Å²) in [5.41, 5.74) is 1.16. The zero-order valence-electron chi connectivity index (χ0n) is 12.8. The fourth-order valence-corrected chi connectivity index (χ4v) is 2.54. The van der Waals surface area contributed by atoms with Crippen LogP contribution in [0.3, 0.4) is 0 Å². The first-order valence-corrected chi connectivity index (χ1v) is 7.44. The van der Waals surface area contributed by atoms with Gasteiger partial charge >= 0.3 is 0 Å². The van der Waals surface area contributed by atoms with Crippen molar-refractivity contribution in [3.63, 3.8) is 0 Å². The third-order valence-electron chi connectivity index (χ3n) is 3.84. The maximum atomic E-state index is 12.2. The molecule has 0 saturated carbocycles. The van der Waals surface area contributed by atoms with Crippen molar-refractivity contribution in [2.45, 2.75) is 18.9 Å². The number of hydrogen-bond donors (Lipinski definition) is 2. The van der Waals surface area contributed by atoms with Gasteiger partial charge in [0.05, 0.1) is 22.4 Å². The first kappa shape index (κ1) is 17.9. The van der Waals surface area contributed by atoms with Crippen molar-refractivity contribution in [1.29, 1.82) is 0 Å². The fourth-order valence-electron chi connectivity index (χ4n) is 2.54. The number of non-ortho nitro benzene ring substituents is 1. The molecule has 3 rings (SSSR count). The highest BCUT2D eigenvalue weighted by atomic mass is 35.5. The van der Waals surface area contributed by atoms with Crippen molar-refractivity contribution in [1.82, 2.24) is 20.4 Å². The van der Waals surface area contributed by atoms with Gasteiger partial charge in [-0.1, -0.05) is 0 Å². The highest BCUT2D eigenvalue weighted by Gasteiger charge is 2.17. The Labute approximate surface area is 144 Å². The number of nitrogens with zero attached hydrogens (tertiary/aromatic N) is 3. The summed E-state index contributed by atoms with van der Waals surface area (Å²) in [6, 6.07) is 6.20. The Morgan fingerprint density at radius 3 is 2.58 bits per heavy atom. The van der Waals surface area contributed by atoms with E-state index in [1.165, 1.54) is 23.0 Å². The zero-order valence-corrected chi connectivity index (χ0v) is 13.7. The Kier molecular flexibility index (Phi) is 5.88. The number of aromatic nitrogens is 2. The number of halogens is 1. The molecule has 1 saturated heterocycles. The molecule has 1 aromatic carbocycles. The number of nitro groups is 1. The van der Waals surface area contributed by atoms with Crippen molar-refractivity contribution in [3.8, 4) is 5.69 Å². The molecule has 128 valence electrons. The Hall–Kier alpha value is -2.45. The second-order valence-electron chi connectivity index (χ2n) is 5.44. The highest BCUT2D eigenvalue weighted by Crippen LogP contribution is 2.15. The molecule has 0 atom stereocenters. The lowest BCUT2D eigenvalue weighted by Crippen LogP contribution is -2.42. The molecule has 0 radical (unpaired) electrons. The van der Waals surface area contributed by atoms with E-state index in [-0.39, 0.29) is 30.0 Å². The van der Waals surface area contributed by atoms with Gasteiger partial charge < -0.3 is 10.6 Å². The van der Waals surface area contributed by atoms with Crippen molar-refractivity contribution in [3.05, 3.63) is 52.3 Å². The number of hydrogen-bond acceptors (Lipinski definition) is 5. The van der Waals surface area contributed by atoms with Crippen LogP contribution in [0.5, 0.6) is 0 Å². The number of carbonyl (C=O) groups is 1. The van der Waals surface area contributed by atoms with E-state index >= 15 is 0 Å². The Balaban J connectivity index is 0.00000208. The Morgan fingerprint density at radius 2 is 1.96 bits per heavy atom. The topological polar surface area (TPSA) is 102 Å². The number of benzene rings is 1. The third-order valence-corrected chi connectivity index (χ3v) is 3.84. The van der Waals surface area contributed by atoms with Gasteiger partial charge in [0.15, 0.2) is 0 Å². The van der Waals surface area contributed by atoms with Crippen LogP contribution >= 0.6 is 12.4 Å². The monoisotopic (exact) mass is 351 g/mol. The van der Waals surface area contributed by atoms with E-state index < -0.39 is 4.92 Å². The molecule has 8 nitrogen and oxygen atoms in total. The molecule has 1 fully saturated rings. The van der Waals surface area contributed by atoms with E-state index in [0.29, 0.717) is 11.3 Å². The predicted octanol–water partition coefficient (Wildman–Crippen LogP) is 1.68. The van der Waals surface area contributed by atoms with Gasteiger partial charge in [-0.15, -0.1) is 12.4 Å². The van der Waals surface area contributed by atoms with Crippen LogP contribution in [-0.4, -0.2) is 39.7 Å². The molecule has 1 amide bonds. The fraction of sp³-hybridized carbons (Fsp3) is 0.333. The molecule has 24 heavy (non-hydrogen) atoms. The maximum absolute atomic E-state index is 12.2. The van der Waals surface area contributed by atoms with Crippen LogP contribution in [-0.2, 0) is 0 Å². The average Bonchev–Trinajstić information content (AvgIpc) is 3.06. The number of piperidine rings is 1. The molecule has 9 heteroatoms. The average molecular weight is 352 g/mol. The molecular formula is C15H18ClN5O3. The molecule has 2 aromatic rings. The summed E-state index contributed by atoms with van der Waals surface area (Å²) in [6.45, 7) is 1.82. The molecule has 1 aliphatic heterocycles. The van der Waals surface area contributed by atoms with Gasteiger partial charge in [0, 0.05) is 24.4 Å². The number of nitrogens with one attached hydrogen (secondary N) is 2. The third kappa shape index (κ3) is 4.09. The lowest BCUT2D eigenvalue weighted by Gasteiger charge is -2.23. The number of rotatable bonds is 4. The molecule has 2 N–H and O–H groups in total. The summed E-state index contributed by atoms with van der Waals surface area (Å²) >= 11 is 0. The summed E-state index contributed by atoms with van der Waals surface area (Å²) in [5, 5.41) is 21.1. The van der Waals surface area contributed by atoms with Crippen molar-refractivity contribution < 1.29 is 9.72 Å². The Bertz CT molecular complexity index is 710. The largest absolute Gasteiger partial charge is 0.349 e. The summed E-state index contributed by atoms with van der Waals surface area (Å²) in [7, 11) is 0. The SMILES string of the molecule is Cl.O=C(NC1CCNCC1)c1cnn(-c2ccc([N+](=O)[O-])cc2)c1. The summed E-state index contributed by atoms with van der Waals surface area (Å²) in [5.74, 6) is -0.148. The first-order chi connectivity index (χ1) is 11.1. The second kappa shape index (κ2) is 7.89. The number of amides is 1. The van der Waals surface area contributed by atoms with Crippen LogP contribution in [0.25, 0.3) is 5.69 Å². The van der Waals surface area contributed by atoms with Gasteiger partial charge in [0.1, 0.15) is 0 Å². The first-order valence-electron chi connectivity index (χ1n) is 7.44. The molecule has 0 spiro atoms. The van der Waals surface area contributed by atoms with Gasteiger partial charge in [-0.25, -0.2) is 4.68 Å². The van der Waals surface area contributed by atoms with Crippen LogP contribution in [0.1, 0.15) is 23.2 Å². The van der Waals surface area contributed by atoms with Gasteiger partial charge in [-0.3, -0.25) is 14.9 Å². The van der Waals surface area contributed by atoms with Gasteiger partial charge in [-0.05, 0) is 38.1 Å². The van der Waals surface area contributed by atoms with Crippen molar-refractivity contribution in [2.24, 2.45) is 0 Å². The van der Waals surface area contributed by atoms with Gasteiger partial charge in [0.2, 0.25) is 0 Å². The van der Waals surface area contributed by atoms with Crippen molar-refractivity contribution >= 4 is 24.0 Å². The smallest absolute Gasteiger partial charge is 0.269 e. The lowest BCUT2D eigenvalue weighted by molar-refractivity contribution is -0.384. The van der Waals surface area contributed by atoms with E-state index in [1.807, 2.05) is 0 Å². The van der Waals surface area contributed by atoms with Crippen molar-refractivity contribution in [2.75, 3.05) is 13.1 Å². The minimum absolute atomic E-state index is 0. The van der Waals surface area contributed by atoms with E-state index in [4.69, 9.17) is 0 Å². The van der Waals surface area contributed by atoms with E-state index in [9.17, 15) is 14.9 Å². The number of nitro benzene ring substituents is 1. The molecule has 1 aromatic heterocycles. The van der Waals surface area contributed by atoms with Gasteiger partial charge in [0.25, 0.3) is 11.6 Å². The maximum Gasteiger partial charge on any atom is 0.269 e. The summed E-state index contributed by atoms with van der Waals surface area (Å²) < 4.78 is 1.53. The normalized spacial score (nSPS) is 14.7. The highest BCUT2D eigenvalue weighted by molar-refractivity contribution is 5.94. The van der Waals surface area contributed by atoms with E-state index in [2.05, 4.69) is 15.7 Å².